The number of rotatable bonds is 12. The maximum Gasteiger partial charge on any atom is 0.335 e. The summed E-state index contributed by atoms with van der Waals surface area (Å²) in [5.41, 5.74) is 6.60. The molecule has 2 aromatic carbocycles. The molecule has 4 amide bonds. The molecule has 0 heterocycles. The van der Waals surface area contributed by atoms with Gasteiger partial charge in [-0.1, -0.05) is 50.2 Å². The van der Waals surface area contributed by atoms with Crippen LogP contribution < -0.4 is 27.0 Å². The molecule has 0 aliphatic heterocycles. The molecule has 11 heteroatoms. The lowest BCUT2D eigenvalue weighted by Crippen LogP contribution is -2.52. The standard InChI is InChI=1S/C26H31N5O6/c1-16(2)24(31-22(33)14-27)25(35)28-15-23(34)30-20(11-17-7-4-3-5-8-17)13-21(32)29-19-10-6-9-18(12-19)26(36)37/h3-12,16,24H,13-15,27H2,1-2H3,(H,28,35)(H,29,32)(H,30,34)(H,31,33)(H,36,37)/b20-11+. The Bertz CT molecular complexity index is 1160. The van der Waals surface area contributed by atoms with Gasteiger partial charge in [0.1, 0.15) is 6.04 Å². The van der Waals surface area contributed by atoms with Crippen molar-refractivity contribution in [3.8, 4) is 0 Å². The molecule has 0 bridgehead atoms. The van der Waals surface area contributed by atoms with Gasteiger partial charge in [0, 0.05) is 11.4 Å². The fourth-order valence-electron chi connectivity index (χ4n) is 3.26. The van der Waals surface area contributed by atoms with Gasteiger partial charge in [0.15, 0.2) is 0 Å². The normalized spacial score (nSPS) is 11.8. The monoisotopic (exact) mass is 509 g/mol. The van der Waals surface area contributed by atoms with Crippen molar-refractivity contribution in [3.05, 3.63) is 71.4 Å². The van der Waals surface area contributed by atoms with E-state index in [9.17, 15) is 24.0 Å². The van der Waals surface area contributed by atoms with Gasteiger partial charge >= 0.3 is 5.97 Å². The number of aromatic carboxylic acids is 1. The molecule has 0 fully saturated rings. The average molecular weight is 510 g/mol. The van der Waals surface area contributed by atoms with Crippen molar-refractivity contribution < 1.29 is 29.1 Å². The van der Waals surface area contributed by atoms with Crippen molar-refractivity contribution >= 4 is 41.4 Å². The predicted octanol–water partition coefficient (Wildman–Crippen LogP) is 1.09. The Morgan fingerprint density at radius 2 is 1.65 bits per heavy atom. The second-order valence-corrected chi connectivity index (χ2v) is 8.45. The Kier molecular flexibility index (Phi) is 11.0. The third-order valence-electron chi connectivity index (χ3n) is 5.06. The van der Waals surface area contributed by atoms with E-state index in [4.69, 9.17) is 10.8 Å². The number of carbonyl (C=O) groups excluding carboxylic acids is 4. The lowest BCUT2D eigenvalue weighted by Gasteiger charge is -2.21. The van der Waals surface area contributed by atoms with E-state index >= 15 is 0 Å². The number of nitrogens with one attached hydrogen (secondary N) is 4. The van der Waals surface area contributed by atoms with Crippen molar-refractivity contribution in [2.24, 2.45) is 11.7 Å². The highest BCUT2D eigenvalue weighted by Crippen LogP contribution is 2.13. The first-order valence-corrected chi connectivity index (χ1v) is 11.5. The van der Waals surface area contributed by atoms with E-state index in [-0.39, 0.29) is 30.1 Å². The smallest absolute Gasteiger partial charge is 0.335 e. The Hall–Kier alpha value is -4.51. The molecule has 11 nitrogen and oxygen atoms in total. The minimum atomic E-state index is -1.13. The number of benzene rings is 2. The number of carboxylic acid groups (broad SMARTS) is 1. The predicted molar refractivity (Wildman–Crippen MR) is 138 cm³/mol. The molecule has 0 saturated carbocycles. The van der Waals surface area contributed by atoms with E-state index in [1.54, 1.807) is 50.3 Å². The van der Waals surface area contributed by atoms with E-state index in [1.165, 1.54) is 18.2 Å². The van der Waals surface area contributed by atoms with Crippen molar-refractivity contribution in [1.82, 2.24) is 16.0 Å². The lowest BCUT2D eigenvalue weighted by atomic mass is 10.0. The minimum absolute atomic E-state index is 0.0178. The van der Waals surface area contributed by atoms with Gasteiger partial charge in [-0.15, -0.1) is 0 Å². The van der Waals surface area contributed by atoms with Gasteiger partial charge in [0.2, 0.25) is 23.6 Å². The van der Waals surface area contributed by atoms with Gasteiger partial charge in [-0.2, -0.15) is 0 Å². The van der Waals surface area contributed by atoms with E-state index in [0.717, 1.165) is 5.56 Å². The van der Waals surface area contributed by atoms with Crippen molar-refractivity contribution in [3.63, 3.8) is 0 Å². The number of anilines is 1. The highest BCUT2D eigenvalue weighted by Gasteiger charge is 2.24. The van der Waals surface area contributed by atoms with Crippen LogP contribution in [0.15, 0.2) is 60.3 Å². The van der Waals surface area contributed by atoms with E-state index in [1.807, 2.05) is 6.07 Å². The van der Waals surface area contributed by atoms with Crippen LogP contribution in [0.1, 0.15) is 36.2 Å². The summed E-state index contributed by atoms with van der Waals surface area (Å²) in [7, 11) is 0. The summed E-state index contributed by atoms with van der Waals surface area (Å²) in [6, 6.07) is 13.9. The molecule has 0 spiro atoms. The average Bonchev–Trinajstić information content (AvgIpc) is 2.86. The van der Waals surface area contributed by atoms with Gasteiger partial charge in [0.25, 0.3) is 0 Å². The van der Waals surface area contributed by atoms with E-state index < -0.39 is 42.2 Å². The van der Waals surface area contributed by atoms with Crippen LogP contribution in [0, 0.1) is 5.92 Å². The SMILES string of the molecule is CC(C)C(NC(=O)CN)C(=O)NCC(=O)N/C(=C/c1ccccc1)CC(=O)Nc1cccc(C(=O)O)c1. The summed E-state index contributed by atoms with van der Waals surface area (Å²) < 4.78 is 0. The zero-order valence-corrected chi connectivity index (χ0v) is 20.6. The second-order valence-electron chi connectivity index (χ2n) is 8.45. The Morgan fingerprint density at radius 3 is 2.27 bits per heavy atom. The molecule has 0 aromatic heterocycles. The zero-order chi connectivity index (χ0) is 27.4. The van der Waals surface area contributed by atoms with Crippen LogP contribution in [0.4, 0.5) is 5.69 Å². The van der Waals surface area contributed by atoms with Crippen LogP contribution in [-0.2, 0) is 19.2 Å². The van der Waals surface area contributed by atoms with Crippen LogP contribution in [0.2, 0.25) is 0 Å². The van der Waals surface area contributed by atoms with Crippen LogP contribution in [0.3, 0.4) is 0 Å². The third-order valence-corrected chi connectivity index (χ3v) is 5.06. The first kappa shape index (κ1) is 28.7. The summed E-state index contributed by atoms with van der Waals surface area (Å²) in [5, 5.41) is 19.4. The van der Waals surface area contributed by atoms with Crippen LogP contribution in [0.25, 0.3) is 6.08 Å². The number of hydrogen-bond acceptors (Lipinski definition) is 6. The largest absolute Gasteiger partial charge is 0.478 e. The number of hydrogen-bond donors (Lipinski definition) is 6. The molecule has 0 saturated heterocycles. The molecule has 0 aliphatic rings. The number of nitrogens with two attached hydrogens (primary N) is 1. The third kappa shape index (κ3) is 9.94. The topological polar surface area (TPSA) is 180 Å². The zero-order valence-electron chi connectivity index (χ0n) is 20.6. The molecule has 2 rings (SSSR count). The summed E-state index contributed by atoms with van der Waals surface area (Å²) in [6.45, 7) is 2.82. The molecule has 7 N–H and O–H groups in total. The van der Waals surface area contributed by atoms with Gasteiger partial charge in [0.05, 0.1) is 25.1 Å². The first-order valence-electron chi connectivity index (χ1n) is 11.5. The van der Waals surface area contributed by atoms with E-state index in [2.05, 4.69) is 21.3 Å². The fourth-order valence-corrected chi connectivity index (χ4v) is 3.26. The Labute approximate surface area is 214 Å². The molecular formula is C26H31N5O6. The van der Waals surface area contributed by atoms with Crippen molar-refractivity contribution in [1.29, 1.82) is 0 Å². The fraction of sp³-hybridized carbons (Fsp3) is 0.269. The van der Waals surface area contributed by atoms with Crippen LogP contribution >= 0.6 is 0 Å². The summed E-state index contributed by atoms with van der Waals surface area (Å²) >= 11 is 0. The molecule has 0 radical (unpaired) electrons. The Morgan fingerprint density at radius 1 is 0.946 bits per heavy atom. The van der Waals surface area contributed by atoms with Gasteiger partial charge < -0.3 is 32.1 Å². The van der Waals surface area contributed by atoms with Gasteiger partial charge in [-0.3, -0.25) is 19.2 Å². The molecule has 1 atom stereocenters. The van der Waals surface area contributed by atoms with E-state index in [0.29, 0.717) is 5.69 Å². The number of amides is 4. The van der Waals surface area contributed by atoms with Crippen molar-refractivity contribution in [2.75, 3.05) is 18.4 Å². The summed E-state index contributed by atoms with van der Waals surface area (Å²) in [4.78, 5) is 60.6. The highest BCUT2D eigenvalue weighted by molar-refractivity contribution is 5.96. The van der Waals surface area contributed by atoms with Crippen LogP contribution in [0.5, 0.6) is 0 Å². The van der Waals surface area contributed by atoms with Crippen molar-refractivity contribution in [2.45, 2.75) is 26.3 Å². The molecular weight excluding hydrogens is 478 g/mol. The number of carboxylic acids is 1. The Balaban J connectivity index is 2.08. The first-order chi connectivity index (χ1) is 17.6. The van der Waals surface area contributed by atoms with Gasteiger partial charge in [-0.05, 0) is 35.8 Å². The minimum Gasteiger partial charge on any atom is -0.478 e. The number of carbonyl (C=O) groups is 5. The molecule has 196 valence electrons. The summed E-state index contributed by atoms with van der Waals surface area (Å²) in [5.74, 6) is -3.47. The molecule has 0 aliphatic carbocycles. The maximum absolute atomic E-state index is 12.7. The summed E-state index contributed by atoms with van der Waals surface area (Å²) in [6.07, 6.45) is 1.39. The van der Waals surface area contributed by atoms with Gasteiger partial charge in [-0.25, -0.2) is 4.79 Å². The highest BCUT2D eigenvalue weighted by atomic mass is 16.4. The quantitative estimate of drug-likeness (QED) is 0.248. The molecule has 2 aromatic rings. The second kappa shape index (κ2) is 14.1. The maximum atomic E-state index is 12.7. The lowest BCUT2D eigenvalue weighted by molar-refractivity contribution is -0.130. The molecule has 37 heavy (non-hydrogen) atoms. The molecule has 1 unspecified atom stereocenters. The van der Waals surface area contributed by atoms with Crippen LogP contribution in [-0.4, -0.2) is 53.8 Å².